The molecular formula is C15H20Cl2N2O. The maximum Gasteiger partial charge on any atom is 0.254 e. The molecule has 20 heavy (non-hydrogen) atoms. The van der Waals surface area contributed by atoms with Crippen LogP contribution in [0.1, 0.15) is 43.5 Å². The minimum absolute atomic E-state index is 0.000744. The molecule has 0 aliphatic carbocycles. The first-order valence-electron chi connectivity index (χ1n) is 7.08. The van der Waals surface area contributed by atoms with Crippen LogP contribution in [0, 0.1) is 11.8 Å². The number of amides is 1. The second kappa shape index (κ2) is 6.77. The standard InChI is InChI=1S/C15H20Cl2N2O/c1-10(2)7-11-3-5-19(6-4-11)15(20)12-8-13(16)18-14(17)9-12/h8-11H,3-7H2,1-2H3. The van der Waals surface area contributed by atoms with E-state index in [1.54, 1.807) is 12.1 Å². The second-order valence-corrected chi connectivity index (χ2v) is 6.64. The van der Waals surface area contributed by atoms with E-state index in [1.807, 2.05) is 4.90 Å². The van der Waals surface area contributed by atoms with E-state index in [-0.39, 0.29) is 16.2 Å². The molecule has 2 heterocycles. The number of rotatable bonds is 3. The van der Waals surface area contributed by atoms with Crippen LogP contribution >= 0.6 is 23.2 Å². The van der Waals surface area contributed by atoms with Crippen LogP contribution in [0.25, 0.3) is 0 Å². The van der Waals surface area contributed by atoms with Gasteiger partial charge in [0.05, 0.1) is 0 Å². The quantitative estimate of drug-likeness (QED) is 0.780. The first kappa shape index (κ1) is 15.6. The van der Waals surface area contributed by atoms with Gasteiger partial charge in [-0.1, -0.05) is 37.0 Å². The highest BCUT2D eigenvalue weighted by Crippen LogP contribution is 2.25. The number of nitrogens with zero attached hydrogens (tertiary/aromatic N) is 2. The summed E-state index contributed by atoms with van der Waals surface area (Å²) in [5.41, 5.74) is 0.525. The Kier molecular flexibility index (Phi) is 5.28. The summed E-state index contributed by atoms with van der Waals surface area (Å²) in [6, 6.07) is 3.16. The summed E-state index contributed by atoms with van der Waals surface area (Å²) < 4.78 is 0. The van der Waals surface area contributed by atoms with Crippen molar-refractivity contribution in [2.75, 3.05) is 13.1 Å². The molecule has 0 bridgehead atoms. The predicted octanol–water partition coefficient (Wildman–Crippen LogP) is 4.29. The largest absolute Gasteiger partial charge is 0.339 e. The smallest absolute Gasteiger partial charge is 0.254 e. The van der Waals surface area contributed by atoms with E-state index >= 15 is 0 Å². The number of halogens is 2. The van der Waals surface area contributed by atoms with Crippen molar-refractivity contribution < 1.29 is 4.79 Å². The molecule has 1 saturated heterocycles. The van der Waals surface area contributed by atoms with Gasteiger partial charge in [-0.2, -0.15) is 0 Å². The first-order valence-corrected chi connectivity index (χ1v) is 7.83. The number of carbonyl (C=O) groups excluding carboxylic acids is 1. The summed E-state index contributed by atoms with van der Waals surface area (Å²) >= 11 is 11.7. The molecule has 5 heteroatoms. The van der Waals surface area contributed by atoms with E-state index in [0.717, 1.165) is 37.8 Å². The van der Waals surface area contributed by atoms with Crippen molar-refractivity contribution in [1.82, 2.24) is 9.88 Å². The van der Waals surface area contributed by atoms with Crippen LogP contribution in [-0.4, -0.2) is 28.9 Å². The van der Waals surface area contributed by atoms with E-state index in [4.69, 9.17) is 23.2 Å². The van der Waals surface area contributed by atoms with Crippen molar-refractivity contribution in [2.24, 2.45) is 11.8 Å². The van der Waals surface area contributed by atoms with Gasteiger partial charge in [0.2, 0.25) is 0 Å². The fourth-order valence-corrected chi connectivity index (χ4v) is 3.27. The van der Waals surface area contributed by atoms with Crippen molar-refractivity contribution in [3.63, 3.8) is 0 Å². The van der Waals surface area contributed by atoms with Crippen LogP contribution in [-0.2, 0) is 0 Å². The van der Waals surface area contributed by atoms with Gasteiger partial charge in [0.1, 0.15) is 10.3 Å². The number of piperidine rings is 1. The minimum Gasteiger partial charge on any atom is -0.339 e. The average molecular weight is 315 g/mol. The van der Waals surface area contributed by atoms with Gasteiger partial charge in [-0.15, -0.1) is 0 Å². The van der Waals surface area contributed by atoms with Crippen molar-refractivity contribution in [3.05, 3.63) is 28.0 Å². The molecule has 0 spiro atoms. The van der Waals surface area contributed by atoms with Gasteiger partial charge in [0.15, 0.2) is 0 Å². The Morgan fingerprint density at radius 2 is 1.85 bits per heavy atom. The molecular weight excluding hydrogens is 295 g/mol. The molecule has 1 aliphatic rings. The fraction of sp³-hybridized carbons (Fsp3) is 0.600. The van der Waals surface area contributed by atoms with Gasteiger partial charge in [-0.05, 0) is 43.2 Å². The Bertz CT molecular complexity index is 463. The lowest BCUT2D eigenvalue weighted by Crippen LogP contribution is -2.38. The Labute approximate surface area is 130 Å². The van der Waals surface area contributed by atoms with E-state index in [1.165, 1.54) is 6.42 Å². The maximum absolute atomic E-state index is 12.4. The summed E-state index contributed by atoms with van der Waals surface area (Å²) in [4.78, 5) is 18.2. The molecule has 2 rings (SSSR count). The molecule has 0 saturated carbocycles. The van der Waals surface area contributed by atoms with Crippen LogP contribution in [0.3, 0.4) is 0 Å². The molecule has 1 aliphatic heterocycles. The molecule has 0 aromatic carbocycles. The third-order valence-corrected chi connectivity index (χ3v) is 4.10. The van der Waals surface area contributed by atoms with Crippen molar-refractivity contribution in [3.8, 4) is 0 Å². The molecule has 3 nitrogen and oxygen atoms in total. The highest BCUT2D eigenvalue weighted by atomic mass is 35.5. The van der Waals surface area contributed by atoms with Gasteiger partial charge in [0.25, 0.3) is 5.91 Å². The summed E-state index contributed by atoms with van der Waals surface area (Å²) in [7, 11) is 0. The lowest BCUT2D eigenvalue weighted by atomic mass is 9.88. The van der Waals surface area contributed by atoms with Gasteiger partial charge < -0.3 is 4.90 Å². The third kappa shape index (κ3) is 4.10. The Balaban J connectivity index is 1.98. The van der Waals surface area contributed by atoms with Crippen LogP contribution in [0.4, 0.5) is 0 Å². The average Bonchev–Trinajstić information content (AvgIpc) is 2.37. The molecule has 0 unspecified atom stereocenters. The fourth-order valence-electron chi connectivity index (χ4n) is 2.81. The topological polar surface area (TPSA) is 33.2 Å². The van der Waals surface area contributed by atoms with E-state index < -0.39 is 0 Å². The highest BCUT2D eigenvalue weighted by molar-refractivity contribution is 6.33. The minimum atomic E-state index is -0.000744. The van der Waals surface area contributed by atoms with Gasteiger partial charge in [-0.3, -0.25) is 4.79 Å². The van der Waals surface area contributed by atoms with Gasteiger partial charge >= 0.3 is 0 Å². The molecule has 0 atom stereocenters. The number of hydrogen-bond donors (Lipinski definition) is 0. The monoisotopic (exact) mass is 314 g/mol. The summed E-state index contributed by atoms with van der Waals surface area (Å²) in [6.45, 7) is 6.12. The Hall–Kier alpha value is -0.800. The summed E-state index contributed by atoms with van der Waals surface area (Å²) in [5, 5.41) is 0.520. The normalized spacial score (nSPS) is 16.8. The number of carbonyl (C=O) groups is 1. The zero-order chi connectivity index (χ0) is 14.7. The molecule has 1 aromatic rings. The number of pyridine rings is 1. The van der Waals surface area contributed by atoms with E-state index in [9.17, 15) is 4.79 Å². The lowest BCUT2D eigenvalue weighted by Gasteiger charge is -2.32. The van der Waals surface area contributed by atoms with Crippen LogP contribution in [0.15, 0.2) is 12.1 Å². The lowest BCUT2D eigenvalue weighted by molar-refractivity contribution is 0.0681. The molecule has 1 amide bonds. The van der Waals surface area contributed by atoms with Crippen molar-refractivity contribution in [1.29, 1.82) is 0 Å². The molecule has 110 valence electrons. The molecule has 1 aromatic heterocycles. The van der Waals surface area contributed by atoms with Gasteiger partial charge in [0, 0.05) is 18.7 Å². The van der Waals surface area contributed by atoms with Gasteiger partial charge in [-0.25, -0.2) is 4.98 Å². The maximum atomic E-state index is 12.4. The van der Waals surface area contributed by atoms with Crippen LogP contribution < -0.4 is 0 Å². The summed E-state index contributed by atoms with van der Waals surface area (Å²) in [6.07, 6.45) is 3.40. The molecule has 0 radical (unpaired) electrons. The number of hydrogen-bond acceptors (Lipinski definition) is 2. The molecule has 0 N–H and O–H groups in total. The van der Waals surface area contributed by atoms with Crippen LogP contribution in [0.2, 0.25) is 10.3 Å². The zero-order valence-electron chi connectivity index (χ0n) is 11.9. The second-order valence-electron chi connectivity index (χ2n) is 5.87. The number of aromatic nitrogens is 1. The Morgan fingerprint density at radius 3 is 2.35 bits per heavy atom. The summed E-state index contributed by atoms with van der Waals surface area (Å²) in [5.74, 6) is 1.46. The Morgan fingerprint density at radius 1 is 1.30 bits per heavy atom. The van der Waals surface area contributed by atoms with Crippen molar-refractivity contribution in [2.45, 2.75) is 33.1 Å². The third-order valence-electron chi connectivity index (χ3n) is 3.72. The highest BCUT2D eigenvalue weighted by Gasteiger charge is 2.24. The van der Waals surface area contributed by atoms with Crippen molar-refractivity contribution >= 4 is 29.1 Å². The first-order chi connectivity index (χ1) is 9.45. The molecule has 1 fully saturated rings. The predicted molar refractivity (Wildman–Crippen MR) is 82.3 cm³/mol. The van der Waals surface area contributed by atoms with Crippen LogP contribution in [0.5, 0.6) is 0 Å². The number of likely N-dealkylation sites (tertiary alicyclic amines) is 1. The van der Waals surface area contributed by atoms with E-state index in [0.29, 0.717) is 5.56 Å². The van der Waals surface area contributed by atoms with E-state index in [2.05, 4.69) is 18.8 Å². The SMILES string of the molecule is CC(C)CC1CCN(C(=O)c2cc(Cl)nc(Cl)c2)CC1. The zero-order valence-corrected chi connectivity index (χ0v) is 13.4.